The first-order valence-corrected chi connectivity index (χ1v) is 6.45. The van der Waals surface area contributed by atoms with Crippen molar-refractivity contribution < 1.29 is 0 Å². The molecule has 1 aromatic rings. The Kier molecular flexibility index (Phi) is 3.98. The number of nitrogens with one attached hydrogen (secondary N) is 1. The van der Waals surface area contributed by atoms with E-state index in [-0.39, 0.29) is 0 Å². The highest BCUT2D eigenvalue weighted by atomic mass is 15.0. The zero-order chi connectivity index (χ0) is 12.1. The van der Waals surface area contributed by atoms with E-state index in [1.54, 1.807) is 12.3 Å². The van der Waals surface area contributed by atoms with Crippen LogP contribution in [0.25, 0.3) is 0 Å². The molecule has 1 N–H and O–H groups in total. The molecule has 2 atom stereocenters. The first-order chi connectivity index (χ1) is 8.33. The summed E-state index contributed by atoms with van der Waals surface area (Å²) < 4.78 is 0. The molecule has 3 heteroatoms. The Hall–Kier alpha value is -1.56. The van der Waals surface area contributed by atoms with Gasteiger partial charge in [0.05, 0.1) is 5.56 Å². The van der Waals surface area contributed by atoms with Gasteiger partial charge in [-0.3, -0.25) is 0 Å². The first-order valence-electron chi connectivity index (χ1n) is 6.45. The predicted molar refractivity (Wildman–Crippen MR) is 68.6 cm³/mol. The van der Waals surface area contributed by atoms with Crippen molar-refractivity contribution in [3.63, 3.8) is 0 Å². The van der Waals surface area contributed by atoms with E-state index in [2.05, 4.69) is 23.3 Å². The number of rotatable bonds is 3. The normalized spacial score (nSPS) is 24.0. The van der Waals surface area contributed by atoms with Gasteiger partial charge < -0.3 is 5.32 Å². The van der Waals surface area contributed by atoms with E-state index >= 15 is 0 Å². The highest BCUT2D eigenvalue weighted by Gasteiger charge is 2.21. The van der Waals surface area contributed by atoms with Crippen molar-refractivity contribution in [3.05, 3.63) is 23.9 Å². The lowest BCUT2D eigenvalue weighted by Gasteiger charge is -2.29. The Bertz CT molecular complexity index is 408. The number of aromatic nitrogens is 1. The number of hydrogen-bond acceptors (Lipinski definition) is 3. The van der Waals surface area contributed by atoms with Gasteiger partial charge in [-0.25, -0.2) is 4.98 Å². The number of hydrogen-bond donors (Lipinski definition) is 1. The maximum absolute atomic E-state index is 9.02. The molecule has 0 aliphatic heterocycles. The van der Waals surface area contributed by atoms with E-state index in [4.69, 9.17) is 5.26 Å². The Labute approximate surface area is 103 Å². The van der Waals surface area contributed by atoms with E-state index in [1.807, 2.05) is 6.07 Å². The summed E-state index contributed by atoms with van der Waals surface area (Å²) in [5.74, 6) is 1.58. The van der Waals surface area contributed by atoms with Crippen LogP contribution in [0.3, 0.4) is 0 Å². The molecule has 3 nitrogen and oxygen atoms in total. The van der Waals surface area contributed by atoms with Crippen molar-refractivity contribution in [1.82, 2.24) is 4.98 Å². The van der Waals surface area contributed by atoms with Crippen LogP contribution in [0.5, 0.6) is 0 Å². The van der Waals surface area contributed by atoms with Gasteiger partial charge in [0.1, 0.15) is 11.9 Å². The third-order valence-electron chi connectivity index (χ3n) is 3.63. The van der Waals surface area contributed by atoms with Crippen molar-refractivity contribution in [2.24, 2.45) is 5.92 Å². The smallest absolute Gasteiger partial charge is 0.144 e. The summed E-state index contributed by atoms with van der Waals surface area (Å²) in [5, 5.41) is 12.4. The molecule has 1 aliphatic rings. The van der Waals surface area contributed by atoms with Gasteiger partial charge >= 0.3 is 0 Å². The van der Waals surface area contributed by atoms with Crippen LogP contribution in [0, 0.1) is 17.2 Å². The summed E-state index contributed by atoms with van der Waals surface area (Å²) in [7, 11) is 0. The summed E-state index contributed by atoms with van der Waals surface area (Å²) in [6, 6.07) is 6.29. The van der Waals surface area contributed by atoms with E-state index in [0.29, 0.717) is 11.6 Å². The van der Waals surface area contributed by atoms with Gasteiger partial charge in [0, 0.05) is 12.2 Å². The van der Waals surface area contributed by atoms with Crippen LogP contribution >= 0.6 is 0 Å². The van der Waals surface area contributed by atoms with Gasteiger partial charge in [-0.05, 0) is 30.9 Å². The minimum absolute atomic E-state index is 0.482. The van der Waals surface area contributed by atoms with Crippen molar-refractivity contribution in [3.8, 4) is 6.07 Å². The van der Waals surface area contributed by atoms with Crippen molar-refractivity contribution >= 4 is 5.82 Å². The predicted octanol–water partition coefficient (Wildman–Crippen LogP) is 3.33. The third-order valence-corrected chi connectivity index (χ3v) is 3.63. The summed E-state index contributed by atoms with van der Waals surface area (Å²) in [4.78, 5) is 4.26. The maximum atomic E-state index is 9.02. The van der Waals surface area contributed by atoms with Crippen LogP contribution in [0.4, 0.5) is 5.82 Å². The molecule has 0 amide bonds. The second-order valence-electron chi connectivity index (χ2n) is 4.79. The van der Waals surface area contributed by atoms with E-state index in [9.17, 15) is 0 Å². The summed E-state index contributed by atoms with van der Waals surface area (Å²) in [6.07, 6.45) is 8.03. The number of pyridine rings is 1. The Morgan fingerprint density at radius 2 is 2.41 bits per heavy atom. The van der Waals surface area contributed by atoms with Crippen LogP contribution in [-0.4, -0.2) is 11.0 Å². The van der Waals surface area contributed by atoms with Gasteiger partial charge in [0.25, 0.3) is 0 Å². The van der Waals surface area contributed by atoms with Crippen molar-refractivity contribution in [2.45, 2.75) is 45.1 Å². The molecule has 90 valence electrons. The third kappa shape index (κ3) is 2.97. The van der Waals surface area contributed by atoms with Crippen LogP contribution in [-0.2, 0) is 0 Å². The molecule has 17 heavy (non-hydrogen) atoms. The lowest BCUT2D eigenvalue weighted by atomic mass is 9.84. The van der Waals surface area contributed by atoms with Gasteiger partial charge in [-0.1, -0.05) is 26.2 Å². The van der Waals surface area contributed by atoms with Gasteiger partial charge in [0.2, 0.25) is 0 Å². The maximum Gasteiger partial charge on any atom is 0.144 e. The molecule has 0 aromatic carbocycles. The van der Waals surface area contributed by atoms with Gasteiger partial charge in [-0.2, -0.15) is 5.26 Å². The summed E-state index contributed by atoms with van der Waals surface area (Å²) in [5.41, 5.74) is 0.645. The Morgan fingerprint density at radius 3 is 3.18 bits per heavy atom. The van der Waals surface area contributed by atoms with E-state index in [0.717, 1.165) is 11.7 Å². The second kappa shape index (κ2) is 5.67. The second-order valence-corrected chi connectivity index (χ2v) is 4.79. The SMILES string of the molecule is CCC1CCCC(Nc2ncccc2C#N)C1. The molecule has 0 saturated heterocycles. The Morgan fingerprint density at radius 1 is 1.53 bits per heavy atom. The molecular formula is C14H19N3. The van der Waals surface area contributed by atoms with Crippen LogP contribution in [0.2, 0.25) is 0 Å². The largest absolute Gasteiger partial charge is 0.366 e. The average Bonchev–Trinajstić information content (AvgIpc) is 2.39. The first kappa shape index (κ1) is 11.9. The fourth-order valence-electron chi connectivity index (χ4n) is 2.60. The lowest BCUT2D eigenvalue weighted by Crippen LogP contribution is -2.27. The fraction of sp³-hybridized carbons (Fsp3) is 0.571. The summed E-state index contributed by atoms with van der Waals surface area (Å²) in [6.45, 7) is 2.26. The molecule has 2 rings (SSSR count). The molecule has 1 aromatic heterocycles. The minimum atomic E-state index is 0.482. The molecular weight excluding hydrogens is 210 g/mol. The highest BCUT2D eigenvalue weighted by molar-refractivity contribution is 5.51. The minimum Gasteiger partial charge on any atom is -0.366 e. The fourth-order valence-corrected chi connectivity index (χ4v) is 2.60. The van der Waals surface area contributed by atoms with E-state index in [1.165, 1.54) is 32.1 Å². The molecule has 0 radical (unpaired) electrons. The molecule has 0 spiro atoms. The molecule has 2 unspecified atom stereocenters. The molecule has 0 bridgehead atoms. The van der Waals surface area contributed by atoms with Crippen molar-refractivity contribution in [2.75, 3.05) is 5.32 Å². The quantitative estimate of drug-likeness (QED) is 0.864. The number of nitrogens with zero attached hydrogens (tertiary/aromatic N) is 2. The monoisotopic (exact) mass is 229 g/mol. The zero-order valence-corrected chi connectivity index (χ0v) is 10.3. The van der Waals surface area contributed by atoms with Crippen LogP contribution in [0.15, 0.2) is 18.3 Å². The average molecular weight is 229 g/mol. The molecule has 1 fully saturated rings. The van der Waals surface area contributed by atoms with Gasteiger partial charge in [0.15, 0.2) is 0 Å². The highest BCUT2D eigenvalue weighted by Crippen LogP contribution is 2.28. The van der Waals surface area contributed by atoms with Crippen LogP contribution in [0.1, 0.15) is 44.6 Å². The van der Waals surface area contributed by atoms with Crippen molar-refractivity contribution in [1.29, 1.82) is 5.26 Å². The van der Waals surface area contributed by atoms with Crippen LogP contribution < -0.4 is 5.32 Å². The molecule has 1 aliphatic carbocycles. The topological polar surface area (TPSA) is 48.7 Å². The molecule has 1 saturated carbocycles. The molecule has 1 heterocycles. The Balaban J connectivity index is 2.03. The standard InChI is InChI=1S/C14H19N3/c1-2-11-5-3-7-13(9-11)17-14-12(10-15)6-4-8-16-14/h4,6,8,11,13H,2-3,5,7,9H2,1H3,(H,16,17). The zero-order valence-electron chi connectivity index (χ0n) is 10.3. The van der Waals surface area contributed by atoms with Gasteiger partial charge in [-0.15, -0.1) is 0 Å². The number of nitriles is 1. The van der Waals surface area contributed by atoms with E-state index < -0.39 is 0 Å². The lowest BCUT2D eigenvalue weighted by molar-refractivity contribution is 0.327. The summed E-state index contributed by atoms with van der Waals surface area (Å²) >= 11 is 0. The number of anilines is 1.